The molecule has 1 aromatic heterocycles. The lowest BCUT2D eigenvalue weighted by Gasteiger charge is -2.20. The van der Waals surface area contributed by atoms with Crippen molar-refractivity contribution in [2.45, 2.75) is 22.6 Å². The molecule has 3 rings (SSSR count). The molecule has 0 bridgehead atoms. The second-order valence-corrected chi connectivity index (χ2v) is 11.6. The predicted molar refractivity (Wildman–Crippen MR) is 102 cm³/mol. The van der Waals surface area contributed by atoms with E-state index in [1.165, 1.54) is 24.1 Å². The normalized spacial score (nSPS) is 22.3. The third-order valence-corrected chi connectivity index (χ3v) is 9.55. The molecule has 1 aliphatic heterocycles. The molecule has 1 fully saturated rings. The van der Waals surface area contributed by atoms with Gasteiger partial charge in [0.05, 0.1) is 28.8 Å². The van der Waals surface area contributed by atoms with E-state index in [1.54, 1.807) is 23.5 Å². The first-order chi connectivity index (χ1) is 12.3. The number of sulfone groups is 2. The van der Waals surface area contributed by atoms with Gasteiger partial charge < -0.3 is 10.1 Å². The molecule has 0 spiro atoms. The van der Waals surface area contributed by atoms with Gasteiger partial charge in [-0.3, -0.25) is 0 Å². The fourth-order valence-electron chi connectivity index (χ4n) is 3.09. The SMILES string of the molecule is COc1ccc(S(=O)(=O)[C@H]2CS(=O)(=O)C[C@@H]2NCCc2cccs2)cc1. The summed E-state index contributed by atoms with van der Waals surface area (Å²) in [6.07, 6.45) is 0.740. The van der Waals surface area contributed by atoms with E-state index in [1.807, 2.05) is 17.5 Å². The maximum Gasteiger partial charge on any atom is 0.183 e. The summed E-state index contributed by atoms with van der Waals surface area (Å²) in [6.45, 7) is 0.537. The zero-order valence-electron chi connectivity index (χ0n) is 14.3. The Kier molecular flexibility index (Phi) is 5.71. The largest absolute Gasteiger partial charge is 0.497 e. The van der Waals surface area contributed by atoms with Gasteiger partial charge >= 0.3 is 0 Å². The number of nitrogens with one attached hydrogen (secondary N) is 1. The molecule has 1 N–H and O–H groups in total. The van der Waals surface area contributed by atoms with Crippen molar-refractivity contribution in [1.29, 1.82) is 0 Å². The van der Waals surface area contributed by atoms with Crippen LogP contribution < -0.4 is 10.1 Å². The minimum absolute atomic E-state index is 0.116. The lowest BCUT2D eigenvalue weighted by Crippen LogP contribution is -2.44. The molecule has 6 nitrogen and oxygen atoms in total. The molecule has 1 saturated heterocycles. The van der Waals surface area contributed by atoms with E-state index < -0.39 is 31.0 Å². The Morgan fingerprint density at radius 1 is 1.19 bits per heavy atom. The van der Waals surface area contributed by atoms with Crippen molar-refractivity contribution in [3.05, 3.63) is 46.7 Å². The molecule has 0 aliphatic carbocycles. The minimum atomic E-state index is -3.76. The van der Waals surface area contributed by atoms with Crippen LogP contribution in [0, 0.1) is 0 Å². The van der Waals surface area contributed by atoms with E-state index in [0.29, 0.717) is 12.3 Å². The second kappa shape index (κ2) is 7.67. The van der Waals surface area contributed by atoms with Gasteiger partial charge in [0, 0.05) is 17.5 Å². The highest BCUT2D eigenvalue weighted by molar-refractivity contribution is 7.96. The van der Waals surface area contributed by atoms with Crippen LogP contribution in [0.15, 0.2) is 46.7 Å². The van der Waals surface area contributed by atoms with Crippen LogP contribution in [0.3, 0.4) is 0 Å². The Labute approximate surface area is 158 Å². The van der Waals surface area contributed by atoms with E-state index in [4.69, 9.17) is 4.74 Å². The molecule has 1 aliphatic rings. The predicted octanol–water partition coefficient (Wildman–Crippen LogP) is 1.53. The van der Waals surface area contributed by atoms with Crippen LogP contribution in [0.2, 0.25) is 0 Å². The first-order valence-electron chi connectivity index (χ1n) is 8.16. The Balaban J connectivity index is 1.77. The summed E-state index contributed by atoms with van der Waals surface area (Å²) in [7, 11) is -5.66. The summed E-state index contributed by atoms with van der Waals surface area (Å²) in [4.78, 5) is 1.29. The van der Waals surface area contributed by atoms with Crippen molar-refractivity contribution in [2.24, 2.45) is 0 Å². The van der Waals surface area contributed by atoms with E-state index in [9.17, 15) is 16.8 Å². The highest BCUT2D eigenvalue weighted by Gasteiger charge is 2.45. The monoisotopic (exact) mass is 415 g/mol. The lowest BCUT2D eigenvalue weighted by molar-refractivity contribution is 0.414. The van der Waals surface area contributed by atoms with Gasteiger partial charge in [-0.05, 0) is 42.1 Å². The second-order valence-electron chi connectivity index (χ2n) is 6.23. The summed E-state index contributed by atoms with van der Waals surface area (Å²) in [6, 6.07) is 9.40. The van der Waals surface area contributed by atoms with Crippen molar-refractivity contribution >= 4 is 31.0 Å². The van der Waals surface area contributed by atoms with E-state index in [0.717, 1.165) is 6.42 Å². The molecule has 26 heavy (non-hydrogen) atoms. The Hall–Kier alpha value is -1.42. The Morgan fingerprint density at radius 3 is 2.54 bits per heavy atom. The van der Waals surface area contributed by atoms with E-state index >= 15 is 0 Å². The van der Waals surface area contributed by atoms with E-state index in [-0.39, 0.29) is 16.4 Å². The van der Waals surface area contributed by atoms with Crippen molar-refractivity contribution in [2.75, 3.05) is 25.2 Å². The number of methoxy groups -OCH3 is 1. The van der Waals surface area contributed by atoms with Gasteiger partial charge in [0.25, 0.3) is 0 Å². The molecule has 1 aromatic carbocycles. The molecule has 2 atom stereocenters. The zero-order valence-corrected chi connectivity index (χ0v) is 16.7. The summed E-state index contributed by atoms with van der Waals surface area (Å²) in [5, 5.41) is 4.14. The fraction of sp³-hybridized carbons (Fsp3) is 0.412. The highest BCUT2D eigenvalue weighted by atomic mass is 32.2. The minimum Gasteiger partial charge on any atom is -0.497 e. The van der Waals surface area contributed by atoms with Crippen LogP contribution in [-0.4, -0.2) is 53.3 Å². The topological polar surface area (TPSA) is 89.5 Å². The number of hydrogen-bond acceptors (Lipinski definition) is 7. The molecular weight excluding hydrogens is 394 g/mol. The van der Waals surface area contributed by atoms with Gasteiger partial charge in [-0.25, -0.2) is 16.8 Å². The van der Waals surface area contributed by atoms with Crippen LogP contribution >= 0.6 is 11.3 Å². The van der Waals surface area contributed by atoms with Crippen LogP contribution in [-0.2, 0) is 26.1 Å². The molecular formula is C17H21NO5S3. The average molecular weight is 416 g/mol. The summed E-state index contributed by atoms with van der Waals surface area (Å²) < 4.78 is 55.2. The quantitative estimate of drug-likeness (QED) is 0.738. The van der Waals surface area contributed by atoms with Crippen molar-refractivity contribution < 1.29 is 21.6 Å². The number of benzene rings is 1. The van der Waals surface area contributed by atoms with Gasteiger partial charge in [-0.1, -0.05) is 6.07 Å². The molecule has 0 amide bonds. The first-order valence-corrected chi connectivity index (χ1v) is 12.4. The standard InChI is InChI=1S/C17H21NO5S3/c1-23-13-4-6-15(7-5-13)26(21,22)17-12-25(19,20)11-16(17)18-9-8-14-3-2-10-24-14/h2-7,10,16-18H,8-9,11-12H2,1H3/t16-,17-/m0/s1. The molecule has 0 radical (unpaired) electrons. The van der Waals surface area contributed by atoms with Crippen molar-refractivity contribution in [3.63, 3.8) is 0 Å². The maximum atomic E-state index is 13.0. The fourth-order valence-corrected chi connectivity index (χ4v) is 8.51. The summed E-state index contributed by atoms with van der Waals surface area (Å²) in [5.41, 5.74) is 0. The van der Waals surface area contributed by atoms with Gasteiger partial charge in [0.15, 0.2) is 19.7 Å². The zero-order chi connectivity index (χ0) is 18.8. The smallest absolute Gasteiger partial charge is 0.183 e. The van der Waals surface area contributed by atoms with Crippen LogP contribution in [0.5, 0.6) is 5.75 Å². The van der Waals surface area contributed by atoms with Gasteiger partial charge in [-0.15, -0.1) is 11.3 Å². The van der Waals surface area contributed by atoms with Gasteiger partial charge in [-0.2, -0.15) is 0 Å². The number of rotatable bonds is 7. The molecule has 2 aromatic rings. The number of ether oxygens (including phenoxy) is 1. The lowest BCUT2D eigenvalue weighted by atomic mass is 10.2. The summed E-state index contributed by atoms with van der Waals surface area (Å²) >= 11 is 1.62. The Bertz CT molecular complexity index is 935. The summed E-state index contributed by atoms with van der Waals surface area (Å²) in [5.74, 6) is 0.0452. The molecule has 9 heteroatoms. The van der Waals surface area contributed by atoms with Crippen molar-refractivity contribution in [1.82, 2.24) is 5.32 Å². The van der Waals surface area contributed by atoms with Crippen LogP contribution in [0.25, 0.3) is 0 Å². The van der Waals surface area contributed by atoms with Crippen LogP contribution in [0.1, 0.15) is 4.88 Å². The number of hydrogen-bond donors (Lipinski definition) is 1. The number of thiophene rings is 1. The van der Waals surface area contributed by atoms with Crippen LogP contribution in [0.4, 0.5) is 0 Å². The van der Waals surface area contributed by atoms with Crippen molar-refractivity contribution in [3.8, 4) is 5.75 Å². The maximum absolute atomic E-state index is 13.0. The third-order valence-electron chi connectivity index (χ3n) is 4.45. The molecule has 0 saturated carbocycles. The van der Waals surface area contributed by atoms with E-state index in [2.05, 4.69) is 5.32 Å². The average Bonchev–Trinajstić information content (AvgIpc) is 3.22. The molecule has 0 unspecified atom stereocenters. The van der Waals surface area contributed by atoms with Gasteiger partial charge in [0.1, 0.15) is 5.75 Å². The molecule has 2 heterocycles. The molecule has 142 valence electrons. The van der Waals surface area contributed by atoms with Gasteiger partial charge in [0.2, 0.25) is 0 Å². The Morgan fingerprint density at radius 2 is 1.92 bits per heavy atom. The highest BCUT2D eigenvalue weighted by Crippen LogP contribution is 2.27. The first kappa shape index (κ1) is 19.3. The third kappa shape index (κ3) is 4.28.